The lowest BCUT2D eigenvalue weighted by Gasteiger charge is -2.27. The molecule has 2 saturated carbocycles. The first-order chi connectivity index (χ1) is 38.3. The number of Topliss-reactive ketones (excluding diaryl/α,β-unsaturated/α-hetero) is 1. The first kappa shape index (κ1) is 75.4. The van der Waals surface area contributed by atoms with Gasteiger partial charge in [0, 0.05) is 51.1 Å². The van der Waals surface area contributed by atoms with Crippen molar-refractivity contribution in [2.75, 3.05) is 39.5 Å². The smallest absolute Gasteiger partial charge is 0.481 e. The number of aliphatic hydroxyl groups excluding tert-OH is 2. The molecule has 4 fully saturated rings. The van der Waals surface area contributed by atoms with Crippen molar-refractivity contribution in [3.63, 3.8) is 0 Å². The Labute approximate surface area is 479 Å². The third-order valence-corrected chi connectivity index (χ3v) is 21.4. The summed E-state index contributed by atoms with van der Waals surface area (Å²) in [5.74, 6) is -4.02. The summed E-state index contributed by atoms with van der Waals surface area (Å²) >= 11 is 0. The topological polar surface area (TPSA) is 521 Å². The maximum Gasteiger partial charge on any atom is 0.490 e. The van der Waals surface area contributed by atoms with Gasteiger partial charge < -0.3 is 80.1 Å². The van der Waals surface area contributed by atoms with Crippen LogP contribution in [0.25, 0.3) is 0 Å². The van der Waals surface area contributed by atoms with E-state index in [0.717, 1.165) is 64.2 Å². The maximum absolute atomic E-state index is 12.2. The molecule has 0 spiro atoms. The van der Waals surface area contributed by atoms with Gasteiger partial charge in [0.1, 0.15) is 23.6 Å². The van der Waals surface area contributed by atoms with Crippen molar-refractivity contribution in [2.45, 2.75) is 185 Å². The molecule has 0 aromatic heterocycles. The minimum Gasteiger partial charge on any atom is -0.481 e. The normalized spacial score (nSPS) is 26.9. The zero-order chi connectivity index (χ0) is 62.6. The summed E-state index contributed by atoms with van der Waals surface area (Å²) in [4.78, 5) is 116. The lowest BCUT2D eigenvalue weighted by Crippen LogP contribution is -2.42. The number of aliphatic carboxylic acids is 1. The van der Waals surface area contributed by atoms with Crippen LogP contribution in [-0.2, 0) is 101 Å². The predicted molar refractivity (Wildman–Crippen MR) is 284 cm³/mol. The summed E-state index contributed by atoms with van der Waals surface area (Å²) in [6, 6.07) is -1.10. The number of phosphoric ester groups is 4. The van der Waals surface area contributed by atoms with Crippen LogP contribution < -0.4 is 16.4 Å². The molecule has 2 aliphatic carbocycles. The Bertz CT molecular complexity index is 2420. The predicted octanol–water partition coefficient (Wildman–Crippen LogP) is 4.05. The number of rotatable bonds is 34. The molecule has 14 atom stereocenters. The SMILES string of the molecule is CC(=O)CC(CCC(=O)O)C(=O)NCCOP(=O)(O)OP(=O)(O)OP(=O)(O)OC[C@H]1O[C@@H](C2CCCCC2)CC1O.CC(C)(C)OC(=O)CCC(N)C(=O)NCCOP(=O)(O)OP(=O)(O)OP(=O)(O)OC[C@H]1O[C@@H](C2CCCCC2)CC1O. The summed E-state index contributed by atoms with van der Waals surface area (Å²) in [7, 11) is -32.8. The fourth-order valence-corrected chi connectivity index (χ4v) is 16.2. The molecule has 0 radical (unpaired) electrons. The molecule has 83 heavy (non-hydrogen) atoms. The van der Waals surface area contributed by atoms with Crippen LogP contribution in [0.5, 0.6) is 0 Å². The fourth-order valence-electron chi connectivity index (χ4n) is 9.14. The van der Waals surface area contributed by atoms with E-state index in [-0.39, 0.29) is 61.9 Å². The number of esters is 1. The van der Waals surface area contributed by atoms with E-state index in [1.807, 2.05) is 0 Å². The number of ketones is 1. The highest BCUT2D eigenvalue weighted by Crippen LogP contribution is 2.69. The van der Waals surface area contributed by atoms with Crippen LogP contribution in [0.2, 0.25) is 0 Å². The molecule has 4 rings (SSSR count). The number of aliphatic hydroxyl groups is 2. The molecule has 40 heteroatoms. The van der Waals surface area contributed by atoms with Gasteiger partial charge in [0.05, 0.1) is 56.9 Å². The van der Waals surface area contributed by atoms with Crippen LogP contribution in [0.4, 0.5) is 0 Å². The zero-order valence-electron chi connectivity index (χ0n) is 46.3. The second-order valence-corrected chi connectivity index (χ2v) is 30.3. The second-order valence-electron chi connectivity index (χ2n) is 21.1. The monoisotopic (exact) mass is 1320 g/mol. The molecular formula is C43H81N3O31P6. The number of hydrogen-bond acceptors (Lipinski definition) is 25. The highest BCUT2D eigenvalue weighted by molar-refractivity contribution is 7.67. The van der Waals surface area contributed by atoms with Crippen LogP contribution in [-0.4, -0.2) is 162 Å². The third kappa shape index (κ3) is 31.3. The third-order valence-electron chi connectivity index (χ3n) is 12.8. The van der Waals surface area contributed by atoms with Crippen molar-refractivity contribution in [1.82, 2.24) is 10.6 Å². The van der Waals surface area contributed by atoms with Crippen molar-refractivity contribution < 1.29 is 146 Å². The molecule has 0 aromatic carbocycles. The van der Waals surface area contributed by atoms with Gasteiger partial charge in [-0.3, -0.25) is 37.3 Å². The summed E-state index contributed by atoms with van der Waals surface area (Å²) in [5.41, 5.74) is 5.00. The zero-order valence-corrected chi connectivity index (χ0v) is 51.7. The van der Waals surface area contributed by atoms with Crippen molar-refractivity contribution in [2.24, 2.45) is 23.5 Å². The molecular weight excluding hydrogens is 1240 g/mol. The molecule has 0 bridgehead atoms. The van der Waals surface area contributed by atoms with E-state index >= 15 is 0 Å². The number of carbonyl (C=O) groups excluding carboxylic acids is 4. The van der Waals surface area contributed by atoms with Gasteiger partial charge in [0.15, 0.2) is 0 Å². The standard InChI is InChI=1S/C22H43N2O15P3.C21H38NO16P3/c1-22(2,3)37-20(26)10-9-16(23)21(27)24-11-12-34-40(28,29)38-42(32,33)39-41(30,31)35-14-19-17(25)13-18(36-19)15-7-5-4-6-8-15;1-14(23)11-16(7-8-20(25)26)21(27)22-9-10-34-39(28,29)37-41(32,33)38-40(30,31)35-13-19-17(24)12-18(36-19)15-5-3-2-4-6-15/h15-19,25H,4-14,23H2,1-3H3,(H,24,27)(H,28,29)(H,30,31)(H,32,33);15-19,24H,2-13H2,1H3,(H,22,27)(H,25,26)(H,28,29)(H,30,31)(H,32,33)/t2*16?,17?,18-,19-/m11/s1. The Morgan fingerprint density at radius 3 is 1.34 bits per heavy atom. The quantitative estimate of drug-likeness (QED) is 0.0246. The number of carbonyl (C=O) groups is 5. The first-order valence-corrected chi connectivity index (χ1v) is 35.5. The van der Waals surface area contributed by atoms with Crippen molar-refractivity contribution in [1.29, 1.82) is 0 Å². The number of nitrogens with two attached hydrogens (primary N) is 1. The van der Waals surface area contributed by atoms with Gasteiger partial charge in [-0.25, -0.2) is 27.4 Å². The fraction of sp³-hybridized carbons (Fsp3) is 0.884. The Kier molecular flexibility index (Phi) is 31.1. The number of hydrogen-bond donors (Lipinski definition) is 12. The lowest BCUT2D eigenvalue weighted by atomic mass is 9.84. The Hall–Kier alpha value is -1.83. The van der Waals surface area contributed by atoms with E-state index in [2.05, 4.69) is 46.0 Å². The Morgan fingerprint density at radius 2 is 0.964 bits per heavy atom. The molecule has 0 aromatic rings. The van der Waals surface area contributed by atoms with E-state index < -0.39 is 152 Å². The van der Waals surface area contributed by atoms with Crippen molar-refractivity contribution in [3.05, 3.63) is 0 Å². The van der Waals surface area contributed by atoms with E-state index in [4.69, 9.17) is 25.1 Å². The Balaban J connectivity index is 0.000000435. The number of carboxylic acid groups (broad SMARTS) is 1. The number of ether oxygens (including phenoxy) is 3. The lowest BCUT2D eigenvalue weighted by molar-refractivity contribution is -0.155. The van der Waals surface area contributed by atoms with Gasteiger partial charge in [0.2, 0.25) is 11.8 Å². The molecule has 2 amide bonds. The van der Waals surface area contributed by atoms with Crippen LogP contribution in [0, 0.1) is 17.8 Å². The minimum absolute atomic E-state index is 0.0372. The minimum atomic E-state index is -5.72. The van der Waals surface area contributed by atoms with E-state index in [0.29, 0.717) is 12.8 Å². The van der Waals surface area contributed by atoms with Crippen LogP contribution in [0.1, 0.15) is 137 Å². The molecule has 2 heterocycles. The molecule has 10 unspecified atom stereocenters. The van der Waals surface area contributed by atoms with Gasteiger partial charge in [-0.1, -0.05) is 38.5 Å². The van der Waals surface area contributed by atoms with Gasteiger partial charge >= 0.3 is 58.9 Å². The highest BCUT2D eigenvalue weighted by Gasteiger charge is 2.47. The van der Waals surface area contributed by atoms with Crippen molar-refractivity contribution in [3.8, 4) is 0 Å². The van der Waals surface area contributed by atoms with E-state index in [1.54, 1.807) is 20.8 Å². The van der Waals surface area contributed by atoms with Gasteiger partial charge in [-0.05, 0) is 78.1 Å². The van der Waals surface area contributed by atoms with Gasteiger partial charge in [-0.15, -0.1) is 0 Å². The summed E-state index contributed by atoms with van der Waals surface area (Å²) in [6.07, 6.45) is 5.32. The maximum atomic E-state index is 12.2. The van der Waals surface area contributed by atoms with Crippen molar-refractivity contribution >= 4 is 76.5 Å². The summed E-state index contributed by atoms with van der Waals surface area (Å²) < 4.78 is 124. The molecule has 2 saturated heterocycles. The van der Waals surface area contributed by atoms with Crippen LogP contribution >= 0.6 is 46.9 Å². The average molecular weight is 1320 g/mol. The largest absolute Gasteiger partial charge is 0.490 e. The van der Waals surface area contributed by atoms with Crippen LogP contribution in [0.15, 0.2) is 0 Å². The highest BCUT2D eigenvalue weighted by atomic mass is 31.3. The average Bonchev–Trinajstić information content (AvgIpc) is 3.96. The summed E-state index contributed by atoms with van der Waals surface area (Å²) in [6.45, 7) is 2.63. The molecule has 4 aliphatic rings. The second kappa shape index (κ2) is 34.2. The number of carboxylic acids is 1. The number of amides is 2. The van der Waals surface area contributed by atoms with Gasteiger partial charge in [0.25, 0.3) is 0 Å². The molecule has 2 aliphatic heterocycles. The number of phosphoric acid groups is 6. The number of nitrogens with one attached hydrogen (secondary N) is 2. The molecule has 13 N–H and O–H groups in total. The van der Waals surface area contributed by atoms with Crippen LogP contribution in [0.3, 0.4) is 0 Å². The first-order valence-electron chi connectivity index (χ1n) is 26.6. The Morgan fingerprint density at radius 1 is 0.578 bits per heavy atom. The van der Waals surface area contributed by atoms with Gasteiger partial charge in [-0.2, -0.15) is 17.2 Å². The molecule has 484 valence electrons. The summed E-state index contributed by atoms with van der Waals surface area (Å²) in [5, 5.41) is 33.8. The molecule has 34 nitrogen and oxygen atoms in total. The van der Waals surface area contributed by atoms with E-state index in [1.165, 1.54) is 6.92 Å². The van der Waals surface area contributed by atoms with E-state index in [9.17, 15) is 90.9 Å².